The molecule has 0 saturated heterocycles. The van der Waals surface area contributed by atoms with Crippen molar-refractivity contribution < 1.29 is 26.8 Å². The van der Waals surface area contributed by atoms with E-state index in [9.17, 15) is 22.5 Å². The van der Waals surface area contributed by atoms with Gasteiger partial charge in [0.05, 0.1) is 23.8 Å². The molecule has 0 unspecified atom stereocenters. The molecular weight excluding hydrogens is 442 g/mol. The Kier molecular flexibility index (Phi) is 6.43. The summed E-state index contributed by atoms with van der Waals surface area (Å²) < 4.78 is 62.0. The minimum atomic E-state index is -4.44. The molecule has 0 amide bonds. The van der Waals surface area contributed by atoms with Crippen LogP contribution >= 0.6 is 19.2 Å². The SMILES string of the molecule is CCOP(=O)(OCC)c1cc2cc(-c3ccc(C(F)(F)F)cc3)c(Cl)cc2[nH]c1=O. The van der Waals surface area contributed by atoms with Crippen molar-refractivity contribution in [1.82, 2.24) is 4.98 Å². The zero-order chi connectivity index (χ0) is 22.1. The van der Waals surface area contributed by atoms with Gasteiger partial charge in [0.25, 0.3) is 5.56 Å². The molecule has 2 aromatic carbocycles. The summed E-state index contributed by atoms with van der Waals surface area (Å²) in [5, 5.41) is 0.561. The number of aromatic amines is 1. The summed E-state index contributed by atoms with van der Waals surface area (Å²) >= 11 is 6.30. The van der Waals surface area contributed by atoms with Gasteiger partial charge < -0.3 is 14.0 Å². The maximum Gasteiger partial charge on any atom is 0.416 e. The van der Waals surface area contributed by atoms with Crippen LogP contribution in [0.25, 0.3) is 22.0 Å². The van der Waals surface area contributed by atoms with Crippen molar-refractivity contribution >= 4 is 35.4 Å². The number of fused-ring (bicyclic) bond motifs is 1. The lowest BCUT2D eigenvalue weighted by molar-refractivity contribution is -0.137. The summed E-state index contributed by atoms with van der Waals surface area (Å²) in [4.78, 5) is 15.1. The number of benzene rings is 2. The highest BCUT2D eigenvalue weighted by Gasteiger charge is 2.31. The van der Waals surface area contributed by atoms with Crippen molar-refractivity contribution in [3.63, 3.8) is 0 Å². The van der Waals surface area contributed by atoms with Crippen molar-refractivity contribution in [2.24, 2.45) is 0 Å². The summed E-state index contributed by atoms with van der Waals surface area (Å²) in [6.45, 7) is 3.41. The summed E-state index contributed by atoms with van der Waals surface area (Å²) in [6.07, 6.45) is -4.44. The Labute approximate surface area is 175 Å². The fourth-order valence-corrected chi connectivity index (χ4v) is 4.90. The second-order valence-electron chi connectivity index (χ2n) is 6.31. The van der Waals surface area contributed by atoms with Crippen LogP contribution in [-0.2, 0) is 19.8 Å². The number of pyridine rings is 1. The molecule has 30 heavy (non-hydrogen) atoms. The standard InChI is InChI=1S/C20H18ClF3NO4P/c1-3-28-30(27,29-4-2)18-10-13-9-15(16(21)11-17(13)25-19(18)26)12-5-7-14(8-6-12)20(22,23)24/h5-11H,3-4H2,1-2H3,(H,25,26). The highest BCUT2D eigenvalue weighted by Crippen LogP contribution is 2.46. The first-order valence-electron chi connectivity index (χ1n) is 9.03. The molecule has 0 atom stereocenters. The molecule has 1 N–H and O–H groups in total. The molecule has 0 fully saturated rings. The van der Waals surface area contributed by atoms with E-state index in [2.05, 4.69) is 4.98 Å². The van der Waals surface area contributed by atoms with E-state index in [4.69, 9.17) is 20.6 Å². The van der Waals surface area contributed by atoms with Crippen LogP contribution in [-0.4, -0.2) is 18.2 Å². The van der Waals surface area contributed by atoms with E-state index in [1.54, 1.807) is 19.9 Å². The molecule has 0 aliphatic carbocycles. The third kappa shape index (κ3) is 4.47. The molecule has 10 heteroatoms. The van der Waals surface area contributed by atoms with Crippen molar-refractivity contribution in [3.8, 4) is 11.1 Å². The van der Waals surface area contributed by atoms with Crippen molar-refractivity contribution in [1.29, 1.82) is 0 Å². The van der Waals surface area contributed by atoms with E-state index < -0.39 is 24.9 Å². The van der Waals surface area contributed by atoms with Crippen LogP contribution in [0, 0.1) is 0 Å². The van der Waals surface area contributed by atoms with Gasteiger partial charge in [-0.05, 0) is 55.1 Å². The number of rotatable bonds is 6. The Morgan fingerprint density at radius 3 is 2.17 bits per heavy atom. The Bertz CT molecular complexity index is 1170. The Hall–Kier alpha value is -2.12. The minimum Gasteiger partial charge on any atom is -0.321 e. The van der Waals surface area contributed by atoms with Crippen LogP contribution in [0.3, 0.4) is 0 Å². The van der Waals surface area contributed by atoms with Crippen LogP contribution in [0.4, 0.5) is 13.2 Å². The first-order valence-corrected chi connectivity index (χ1v) is 10.9. The van der Waals surface area contributed by atoms with E-state index >= 15 is 0 Å². The quantitative estimate of drug-likeness (QED) is 0.476. The molecule has 3 aromatic rings. The molecule has 0 aliphatic heterocycles. The van der Waals surface area contributed by atoms with Gasteiger partial charge in [0.15, 0.2) is 0 Å². The fourth-order valence-electron chi connectivity index (χ4n) is 3.00. The Morgan fingerprint density at radius 2 is 1.63 bits per heavy atom. The fraction of sp³-hybridized carbons (Fsp3) is 0.250. The number of halogens is 4. The van der Waals surface area contributed by atoms with Crippen LogP contribution in [0.15, 0.2) is 47.3 Å². The molecule has 0 aliphatic rings. The lowest BCUT2D eigenvalue weighted by Crippen LogP contribution is -2.29. The molecule has 0 spiro atoms. The number of aromatic nitrogens is 1. The van der Waals surface area contributed by atoms with Gasteiger partial charge in [0, 0.05) is 11.1 Å². The van der Waals surface area contributed by atoms with Gasteiger partial charge in [-0.2, -0.15) is 13.2 Å². The van der Waals surface area contributed by atoms with Crippen LogP contribution < -0.4 is 10.9 Å². The molecule has 160 valence electrons. The van der Waals surface area contributed by atoms with Crippen LogP contribution in [0.1, 0.15) is 19.4 Å². The topological polar surface area (TPSA) is 68.4 Å². The van der Waals surface area contributed by atoms with Gasteiger partial charge in [-0.3, -0.25) is 9.36 Å². The third-order valence-corrected chi connectivity index (χ3v) is 6.76. The lowest BCUT2D eigenvalue weighted by Gasteiger charge is -2.17. The maximum atomic E-state index is 13.0. The van der Waals surface area contributed by atoms with Gasteiger partial charge in [0.2, 0.25) is 0 Å². The second-order valence-corrected chi connectivity index (χ2v) is 8.71. The van der Waals surface area contributed by atoms with Gasteiger partial charge in [-0.15, -0.1) is 0 Å². The smallest absolute Gasteiger partial charge is 0.321 e. The number of nitrogens with one attached hydrogen (secondary N) is 1. The summed E-state index contributed by atoms with van der Waals surface area (Å²) in [5.41, 5.74) is -0.113. The lowest BCUT2D eigenvalue weighted by atomic mass is 10.0. The van der Waals surface area contributed by atoms with E-state index in [0.29, 0.717) is 22.0 Å². The molecule has 0 radical (unpaired) electrons. The largest absolute Gasteiger partial charge is 0.416 e. The first-order chi connectivity index (χ1) is 14.1. The summed E-state index contributed by atoms with van der Waals surface area (Å²) in [7, 11) is -3.84. The van der Waals surface area contributed by atoms with Gasteiger partial charge >= 0.3 is 13.8 Å². The van der Waals surface area contributed by atoms with Crippen molar-refractivity contribution in [3.05, 3.63) is 63.4 Å². The number of alkyl halides is 3. The van der Waals surface area contributed by atoms with Gasteiger partial charge in [0.1, 0.15) is 5.30 Å². The molecule has 5 nitrogen and oxygen atoms in total. The van der Waals surface area contributed by atoms with Gasteiger partial charge in [-0.25, -0.2) is 0 Å². The van der Waals surface area contributed by atoms with Crippen LogP contribution in [0.2, 0.25) is 5.02 Å². The third-order valence-electron chi connectivity index (χ3n) is 4.33. The summed E-state index contributed by atoms with van der Waals surface area (Å²) in [5.74, 6) is 0. The highest BCUT2D eigenvalue weighted by molar-refractivity contribution is 7.62. The average molecular weight is 460 g/mol. The monoisotopic (exact) mass is 459 g/mol. The van der Waals surface area contributed by atoms with Crippen LogP contribution in [0.5, 0.6) is 0 Å². The molecule has 1 aromatic heterocycles. The maximum absolute atomic E-state index is 13.0. The molecular formula is C20H18ClF3NO4P. The molecule has 0 saturated carbocycles. The molecule has 3 rings (SSSR count). The number of hydrogen-bond acceptors (Lipinski definition) is 4. The normalized spacial score (nSPS) is 12.5. The number of hydrogen-bond donors (Lipinski definition) is 1. The van der Waals surface area contributed by atoms with E-state index in [1.165, 1.54) is 24.3 Å². The number of H-pyrrole nitrogens is 1. The van der Waals surface area contributed by atoms with Crippen molar-refractivity contribution in [2.45, 2.75) is 20.0 Å². The first kappa shape index (κ1) is 22.6. The predicted octanol–water partition coefficient (Wildman–Crippen LogP) is 5.76. The summed E-state index contributed by atoms with van der Waals surface area (Å²) in [6, 6.07) is 9.04. The molecule has 1 heterocycles. The minimum absolute atomic E-state index is 0.0756. The average Bonchev–Trinajstić information content (AvgIpc) is 2.67. The highest BCUT2D eigenvalue weighted by atomic mass is 35.5. The predicted molar refractivity (Wildman–Crippen MR) is 111 cm³/mol. The van der Waals surface area contributed by atoms with E-state index in [0.717, 1.165) is 12.1 Å². The second kappa shape index (κ2) is 8.55. The van der Waals surface area contributed by atoms with Crippen molar-refractivity contribution in [2.75, 3.05) is 13.2 Å². The Morgan fingerprint density at radius 1 is 1.03 bits per heavy atom. The Balaban J connectivity index is 2.15. The zero-order valence-electron chi connectivity index (χ0n) is 16.0. The zero-order valence-corrected chi connectivity index (χ0v) is 17.7. The van der Waals surface area contributed by atoms with E-state index in [-0.39, 0.29) is 23.5 Å². The van der Waals surface area contributed by atoms with Gasteiger partial charge in [-0.1, -0.05) is 23.7 Å². The molecule has 0 bridgehead atoms. The van der Waals surface area contributed by atoms with E-state index in [1.807, 2.05) is 0 Å².